The topological polar surface area (TPSA) is 71.4 Å². The minimum Gasteiger partial charge on any atom is -0.478 e. The third-order valence-corrected chi connectivity index (χ3v) is 3.90. The van der Waals surface area contributed by atoms with Gasteiger partial charge in [-0.15, -0.1) is 0 Å². The third-order valence-electron chi connectivity index (χ3n) is 2.24. The highest BCUT2D eigenvalue weighted by atomic mass is 79.9. The zero-order valence-electron chi connectivity index (χ0n) is 8.42. The molecular formula is C11H7BrO4S. The van der Waals surface area contributed by atoms with Crippen LogP contribution in [0.5, 0.6) is 0 Å². The van der Waals surface area contributed by atoms with Crippen LogP contribution >= 0.6 is 15.9 Å². The monoisotopic (exact) mass is 314 g/mol. The van der Waals surface area contributed by atoms with Crippen molar-refractivity contribution in [2.24, 2.45) is 0 Å². The Hall–Kier alpha value is -1.40. The molecule has 0 radical (unpaired) electrons. The molecule has 0 aromatic heterocycles. The Morgan fingerprint density at radius 2 is 1.71 bits per heavy atom. The van der Waals surface area contributed by atoms with Crippen molar-refractivity contribution in [3.63, 3.8) is 0 Å². The second kappa shape index (κ2) is 4.12. The van der Waals surface area contributed by atoms with E-state index in [1.807, 2.05) is 0 Å². The average Bonchev–Trinajstić information content (AvgIpc) is 2.56. The standard InChI is InChI=1S/C11H7BrO4S/c12-8-3-1-7(2-4-8)9-5-17(15,16)6-10(9)11(13)14/h1-6H,(H,13,14). The Balaban J connectivity index is 2.56. The van der Waals surface area contributed by atoms with Gasteiger partial charge in [-0.2, -0.15) is 0 Å². The number of aliphatic carboxylic acids is 1. The molecule has 88 valence electrons. The van der Waals surface area contributed by atoms with Gasteiger partial charge in [0.2, 0.25) is 0 Å². The number of hydrogen-bond donors (Lipinski definition) is 1. The summed E-state index contributed by atoms with van der Waals surface area (Å²) in [6, 6.07) is 6.77. The molecule has 0 spiro atoms. The number of carboxylic acid groups (broad SMARTS) is 1. The van der Waals surface area contributed by atoms with Crippen molar-refractivity contribution in [2.45, 2.75) is 0 Å². The Labute approximate surface area is 106 Å². The highest BCUT2D eigenvalue weighted by molar-refractivity contribution is 9.10. The summed E-state index contributed by atoms with van der Waals surface area (Å²) < 4.78 is 23.6. The van der Waals surface area contributed by atoms with Crippen LogP contribution in [0, 0.1) is 0 Å². The summed E-state index contributed by atoms with van der Waals surface area (Å²) in [5, 5.41) is 10.7. The van der Waals surface area contributed by atoms with Crippen molar-refractivity contribution in [1.29, 1.82) is 0 Å². The van der Waals surface area contributed by atoms with Gasteiger partial charge in [-0.25, -0.2) is 13.2 Å². The van der Waals surface area contributed by atoms with Gasteiger partial charge in [-0.05, 0) is 17.7 Å². The number of carboxylic acids is 1. The van der Waals surface area contributed by atoms with E-state index in [9.17, 15) is 13.2 Å². The molecule has 2 rings (SSSR count). The van der Waals surface area contributed by atoms with Crippen molar-refractivity contribution in [2.75, 3.05) is 0 Å². The molecule has 1 aromatic rings. The summed E-state index contributed by atoms with van der Waals surface area (Å²) in [4.78, 5) is 11.0. The molecule has 17 heavy (non-hydrogen) atoms. The van der Waals surface area contributed by atoms with E-state index in [1.54, 1.807) is 24.3 Å². The number of sulfone groups is 1. The quantitative estimate of drug-likeness (QED) is 0.908. The first kappa shape index (κ1) is 12.1. The predicted molar refractivity (Wildman–Crippen MR) is 66.8 cm³/mol. The number of rotatable bonds is 2. The average molecular weight is 315 g/mol. The van der Waals surface area contributed by atoms with Crippen LogP contribution in [0.25, 0.3) is 5.57 Å². The summed E-state index contributed by atoms with van der Waals surface area (Å²) in [6.45, 7) is 0. The van der Waals surface area contributed by atoms with Gasteiger partial charge in [0, 0.05) is 15.5 Å². The second-order valence-corrected chi connectivity index (χ2v) is 6.03. The largest absolute Gasteiger partial charge is 0.478 e. The zero-order chi connectivity index (χ0) is 12.6. The third kappa shape index (κ3) is 2.48. The smallest absolute Gasteiger partial charge is 0.337 e. The molecule has 4 nitrogen and oxygen atoms in total. The molecule has 0 aliphatic carbocycles. The van der Waals surface area contributed by atoms with Crippen LogP contribution in [0.3, 0.4) is 0 Å². The van der Waals surface area contributed by atoms with Gasteiger partial charge >= 0.3 is 5.97 Å². The maximum atomic E-state index is 11.4. The Kier molecular flexibility index (Phi) is 2.92. The zero-order valence-corrected chi connectivity index (χ0v) is 10.8. The predicted octanol–water partition coefficient (Wildman–Crippen LogP) is 2.19. The molecule has 1 aliphatic heterocycles. The van der Waals surface area contributed by atoms with Gasteiger partial charge in [-0.3, -0.25) is 0 Å². The van der Waals surface area contributed by atoms with Gasteiger partial charge < -0.3 is 5.11 Å². The Morgan fingerprint density at radius 1 is 1.12 bits per heavy atom. The fourth-order valence-corrected chi connectivity index (χ4v) is 2.99. The summed E-state index contributed by atoms with van der Waals surface area (Å²) in [5.74, 6) is -1.25. The van der Waals surface area contributed by atoms with Crippen LogP contribution in [0.1, 0.15) is 5.56 Å². The summed E-state index contributed by atoms with van der Waals surface area (Å²) in [6.07, 6.45) is 0. The maximum Gasteiger partial charge on any atom is 0.337 e. The molecule has 0 saturated carbocycles. The fraction of sp³-hybridized carbons (Fsp3) is 0. The van der Waals surface area contributed by atoms with Crippen molar-refractivity contribution in [3.05, 3.63) is 50.7 Å². The van der Waals surface area contributed by atoms with E-state index in [0.717, 1.165) is 15.3 Å². The van der Waals surface area contributed by atoms with E-state index in [1.165, 1.54) is 0 Å². The Morgan fingerprint density at radius 3 is 2.24 bits per heavy atom. The van der Waals surface area contributed by atoms with Gasteiger partial charge in [0.15, 0.2) is 9.84 Å². The molecule has 0 atom stereocenters. The van der Waals surface area contributed by atoms with E-state index < -0.39 is 15.8 Å². The number of benzene rings is 1. The molecule has 0 unspecified atom stereocenters. The first-order chi connectivity index (χ1) is 7.89. The second-order valence-electron chi connectivity index (χ2n) is 3.46. The molecule has 1 heterocycles. The fourth-order valence-electron chi connectivity index (χ4n) is 1.51. The van der Waals surface area contributed by atoms with E-state index >= 15 is 0 Å². The molecule has 1 aliphatic rings. The van der Waals surface area contributed by atoms with Gasteiger partial charge in [0.1, 0.15) is 0 Å². The van der Waals surface area contributed by atoms with Crippen LogP contribution in [0.2, 0.25) is 0 Å². The highest BCUT2D eigenvalue weighted by Gasteiger charge is 2.26. The summed E-state index contributed by atoms with van der Waals surface area (Å²) in [7, 11) is -3.56. The minimum absolute atomic E-state index is 0.202. The maximum absolute atomic E-state index is 11.4. The lowest BCUT2D eigenvalue weighted by molar-refractivity contribution is -0.132. The lowest BCUT2D eigenvalue weighted by atomic mass is 10.0. The first-order valence-electron chi connectivity index (χ1n) is 4.57. The van der Waals surface area contributed by atoms with Gasteiger partial charge in [-0.1, -0.05) is 28.1 Å². The summed E-state index contributed by atoms with van der Waals surface area (Å²) in [5.41, 5.74) is 0.570. The van der Waals surface area contributed by atoms with Crippen LogP contribution in [-0.4, -0.2) is 19.5 Å². The van der Waals surface area contributed by atoms with Gasteiger partial charge in [0.05, 0.1) is 11.0 Å². The number of hydrogen-bond acceptors (Lipinski definition) is 3. The van der Waals surface area contributed by atoms with E-state index in [0.29, 0.717) is 5.56 Å². The lowest BCUT2D eigenvalue weighted by Crippen LogP contribution is -2.00. The number of halogens is 1. The molecule has 0 bridgehead atoms. The molecule has 0 fully saturated rings. The molecular weight excluding hydrogens is 308 g/mol. The minimum atomic E-state index is -3.56. The van der Waals surface area contributed by atoms with Crippen LogP contribution in [0.4, 0.5) is 0 Å². The molecule has 1 aromatic carbocycles. The van der Waals surface area contributed by atoms with E-state index in [4.69, 9.17) is 5.11 Å². The highest BCUT2D eigenvalue weighted by Crippen LogP contribution is 2.31. The first-order valence-corrected chi connectivity index (χ1v) is 6.97. The van der Waals surface area contributed by atoms with E-state index in [2.05, 4.69) is 15.9 Å². The molecule has 6 heteroatoms. The van der Waals surface area contributed by atoms with Crippen LogP contribution in [0.15, 0.2) is 45.1 Å². The van der Waals surface area contributed by atoms with E-state index in [-0.39, 0.29) is 11.1 Å². The number of carbonyl (C=O) groups is 1. The molecule has 0 saturated heterocycles. The van der Waals surface area contributed by atoms with Crippen molar-refractivity contribution in [3.8, 4) is 0 Å². The van der Waals surface area contributed by atoms with Crippen LogP contribution in [-0.2, 0) is 14.6 Å². The Bertz CT molecular complexity index is 639. The normalized spacial score (nSPS) is 17.5. The van der Waals surface area contributed by atoms with Crippen molar-refractivity contribution >= 4 is 37.3 Å². The van der Waals surface area contributed by atoms with Crippen molar-refractivity contribution < 1.29 is 18.3 Å². The van der Waals surface area contributed by atoms with Gasteiger partial charge in [0.25, 0.3) is 0 Å². The SMILES string of the molecule is O=C(O)C1=CS(=O)(=O)C=C1c1ccc(Br)cc1. The van der Waals surface area contributed by atoms with Crippen LogP contribution < -0.4 is 0 Å². The molecule has 1 N–H and O–H groups in total. The lowest BCUT2D eigenvalue weighted by Gasteiger charge is -2.03. The summed E-state index contributed by atoms with van der Waals surface area (Å²) >= 11 is 3.25. The van der Waals surface area contributed by atoms with Crippen molar-refractivity contribution in [1.82, 2.24) is 0 Å². The molecule has 0 amide bonds.